The molecule has 6 heteroatoms. The van der Waals surface area contributed by atoms with Crippen LogP contribution in [0.25, 0.3) is 0 Å². The van der Waals surface area contributed by atoms with E-state index < -0.39 is 0 Å². The summed E-state index contributed by atoms with van der Waals surface area (Å²) in [4.78, 5) is 14.2. The molecule has 2 atom stereocenters. The molecule has 0 saturated heterocycles. The third-order valence-corrected chi connectivity index (χ3v) is 3.85. The summed E-state index contributed by atoms with van der Waals surface area (Å²) >= 11 is 0. The summed E-state index contributed by atoms with van der Waals surface area (Å²) in [6.45, 7) is 3.56. The van der Waals surface area contributed by atoms with Gasteiger partial charge in [-0.15, -0.1) is 24.8 Å². The van der Waals surface area contributed by atoms with Gasteiger partial charge in [0.25, 0.3) is 0 Å². The lowest BCUT2D eigenvalue weighted by atomic mass is 9.95. The lowest BCUT2D eigenvalue weighted by molar-refractivity contribution is -0.123. The number of carbonyl (C=O) groups excluding carboxylic acids is 1. The van der Waals surface area contributed by atoms with E-state index in [9.17, 15) is 4.79 Å². The average molecular weight is 334 g/mol. The minimum Gasteiger partial charge on any atom is -0.353 e. The zero-order valence-electron chi connectivity index (χ0n) is 12.8. The Kier molecular flexibility index (Phi) is 8.90. The predicted molar refractivity (Wildman–Crippen MR) is 91.4 cm³/mol. The van der Waals surface area contributed by atoms with Crippen molar-refractivity contribution in [3.8, 4) is 0 Å². The van der Waals surface area contributed by atoms with Crippen molar-refractivity contribution in [2.75, 3.05) is 20.6 Å². The molecule has 0 spiro atoms. The van der Waals surface area contributed by atoms with Crippen molar-refractivity contribution in [1.82, 2.24) is 15.5 Å². The van der Waals surface area contributed by atoms with Crippen molar-refractivity contribution in [1.29, 1.82) is 0 Å². The molecule has 1 amide bonds. The van der Waals surface area contributed by atoms with Gasteiger partial charge >= 0.3 is 0 Å². The molecule has 0 aromatic heterocycles. The second-order valence-electron chi connectivity index (χ2n) is 5.46. The molecule has 1 heterocycles. The lowest BCUT2D eigenvalue weighted by Crippen LogP contribution is -2.50. The Hall–Kier alpha value is -0.810. The highest BCUT2D eigenvalue weighted by atomic mass is 35.5. The number of nitrogens with one attached hydrogen (secondary N) is 2. The average Bonchev–Trinajstić information content (AvgIpc) is 2.43. The van der Waals surface area contributed by atoms with Crippen LogP contribution in [0.2, 0.25) is 0 Å². The minimum absolute atomic E-state index is 0. The van der Waals surface area contributed by atoms with Crippen molar-refractivity contribution in [2.45, 2.75) is 32.0 Å². The monoisotopic (exact) mass is 333 g/mol. The number of nitrogens with zero attached hydrogens (tertiary/aromatic N) is 1. The van der Waals surface area contributed by atoms with E-state index >= 15 is 0 Å². The van der Waals surface area contributed by atoms with Gasteiger partial charge in [0.05, 0.1) is 6.04 Å². The molecule has 2 rings (SSSR count). The molecule has 0 fully saturated rings. The largest absolute Gasteiger partial charge is 0.353 e. The van der Waals surface area contributed by atoms with Crippen LogP contribution < -0.4 is 10.6 Å². The second kappa shape index (κ2) is 9.26. The van der Waals surface area contributed by atoms with E-state index in [-0.39, 0.29) is 36.8 Å². The number of likely N-dealkylation sites (N-methyl/N-ethyl adjacent to an activating group) is 1. The first-order chi connectivity index (χ1) is 9.08. The van der Waals surface area contributed by atoms with Crippen LogP contribution in [0.5, 0.6) is 0 Å². The van der Waals surface area contributed by atoms with Crippen LogP contribution in [0.1, 0.15) is 18.1 Å². The lowest BCUT2D eigenvalue weighted by Gasteiger charge is -2.26. The number of hydrogen-bond donors (Lipinski definition) is 2. The van der Waals surface area contributed by atoms with E-state index in [0.717, 1.165) is 13.0 Å². The molecular formula is C15H25Cl2N3O. The normalized spacial score (nSPS) is 18.0. The molecule has 1 aromatic rings. The Morgan fingerprint density at radius 3 is 2.57 bits per heavy atom. The quantitative estimate of drug-likeness (QED) is 0.879. The van der Waals surface area contributed by atoms with Gasteiger partial charge in [0.1, 0.15) is 0 Å². The molecule has 2 unspecified atom stereocenters. The first kappa shape index (κ1) is 20.2. The number of benzene rings is 1. The Bertz CT molecular complexity index is 454. The molecule has 0 radical (unpaired) electrons. The van der Waals surface area contributed by atoms with Crippen LogP contribution in [-0.4, -0.2) is 43.5 Å². The van der Waals surface area contributed by atoms with Crippen LogP contribution in [0, 0.1) is 0 Å². The first-order valence-electron chi connectivity index (χ1n) is 6.82. The van der Waals surface area contributed by atoms with E-state index in [1.165, 1.54) is 11.1 Å². The van der Waals surface area contributed by atoms with Crippen molar-refractivity contribution in [3.63, 3.8) is 0 Å². The highest BCUT2D eigenvalue weighted by Gasteiger charge is 2.23. The highest BCUT2D eigenvalue weighted by Crippen LogP contribution is 2.16. The van der Waals surface area contributed by atoms with E-state index in [4.69, 9.17) is 0 Å². The number of rotatable bonds is 4. The Balaban J connectivity index is 0.00000200. The van der Waals surface area contributed by atoms with Gasteiger partial charge in [0.15, 0.2) is 0 Å². The zero-order chi connectivity index (χ0) is 13.8. The number of hydrogen-bond acceptors (Lipinski definition) is 3. The molecule has 0 aliphatic carbocycles. The van der Waals surface area contributed by atoms with Crippen LogP contribution in [0.15, 0.2) is 24.3 Å². The number of carbonyl (C=O) groups is 1. The summed E-state index contributed by atoms with van der Waals surface area (Å²) in [5.41, 5.74) is 2.58. The van der Waals surface area contributed by atoms with Gasteiger partial charge in [-0.25, -0.2) is 0 Å². The SMILES string of the molecule is CC(CNC(=O)C1Cc2ccccc2CN1)N(C)C.Cl.Cl. The number of halogens is 2. The molecule has 120 valence electrons. The molecule has 0 bridgehead atoms. The van der Waals surface area contributed by atoms with Gasteiger partial charge in [0.2, 0.25) is 5.91 Å². The molecular weight excluding hydrogens is 309 g/mol. The number of amides is 1. The van der Waals surface area contributed by atoms with Gasteiger partial charge in [-0.3, -0.25) is 4.79 Å². The van der Waals surface area contributed by atoms with E-state index in [2.05, 4.69) is 34.6 Å². The van der Waals surface area contributed by atoms with E-state index in [1.807, 2.05) is 26.2 Å². The van der Waals surface area contributed by atoms with Gasteiger partial charge in [-0.2, -0.15) is 0 Å². The Morgan fingerprint density at radius 1 is 1.33 bits per heavy atom. The summed E-state index contributed by atoms with van der Waals surface area (Å²) in [5, 5.41) is 6.32. The molecule has 0 saturated carbocycles. The fraction of sp³-hybridized carbons (Fsp3) is 0.533. The van der Waals surface area contributed by atoms with Gasteiger partial charge in [0, 0.05) is 19.1 Å². The molecule has 1 aliphatic rings. The molecule has 21 heavy (non-hydrogen) atoms. The fourth-order valence-corrected chi connectivity index (χ4v) is 2.19. The summed E-state index contributed by atoms with van der Waals surface area (Å²) in [6.07, 6.45) is 0.776. The summed E-state index contributed by atoms with van der Waals surface area (Å²) in [7, 11) is 4.04. The number of fused-ring (bicyclic) bond motifs is 1. The van der Waals surface area contributed by atoms with Crippen LogP contribution in [-0.2, 0) is 17.8 Å². The molecule has 2 N–H and O–H groups in total. The molecule has 1 aromatic carbocycles. The van der Waals surface area contributed by atoms with Crippen molar-refractivity contribution >= 4 is 30.7 Å². The van der Waals surface area contributed by atoms with Crippen molar-refractivity contribution in [3.05, 3.63) is 35.4 Å². The van der Waals surface area contributed by atoms with Gasteiger partial charge in [-0.1, -0.05) is 24.3 Å². The summed E-state index contributed by atoms with van der Waals surface area (Å²) in [5.74, 6) is 0.100. The summed E-state index contributed by atoms with van der Waals surface area (Å²) in [6, 6.07) is 8.54. The minimum atomic E-state index is -0.107. The summed E-state index contributed by atoms with van der Waals surface area (Å²) < 4.78 is 0. The third kappa shape index (κ3) is 5.47. The molecule has 1 aliphatic heterocycles. The predicted octanol–water partition coefficient (Wildman–Crippen LogP) is 1.61. The van der Waals surface area contributed by atoms with Crippen LogP contribution in [0.4, 0.5) is 0 Å². The van der Waals surface area contributed by atoms with Crippen LogP contribution >= 0.6 is 24.8 Å². The first-order valence-corrected chi connectivity index (χ1v) is 6.82. The van der Waals surface area contributed by atoms with Crippen molar-refractivity contribution < 1.29 is 4.79 Å². The van der Waals surface area contributed by atoms with Crippen LogP contribution in [0.3, 0.4) is 0 Å². The van der Waals surface area contributed by atoms with E-state index in [0.29, 0.717) is 12.6 Å². The van der Waals surface area contributed by atoms with Gasteiger partial charge in [-0.05, 0) is 38.6 Å². The van der Waals surface area contributed by atoms with Crippen molar-refractivity contribution in [2.24, 2.45) is 0 Å². The maximum atomic E-state index is 12.1. The van der Waals surface area contributed by atoms with E-state index in [1.54, 1.807) is 0 Å². The topological polar surface area (TPSA) is 44.4 Å². The standard InChI is InChI=1S/C15H23N3O.2ClH/c1-11(18(2)3)9-17-15(19)14-8-12-6-4-5-7-13(12)10-16-14;;/h4-7,11,14,16H,8-10H2,1-3H3,(H,17,19);2*1H. The second-order valence-corrected chi connectivity index (χ2v) is 5.46. The highest BCUT2D eigenvalue weighted by molar-refractivity contribution is 5.85. The maximum Gasteiger partial charge on any atom is 0.237 e. The molecule has 4 nitrogen and oxygen atoms in total. The third-order valence-electron chi connectivity index (χ3n) is 3.85. The van der Waals surface area contributed by atoms with Gasteiger partial charge < -0.3 is 15.5 Å². The Labute approximate surface area is 139 Å². The Morgan fingerprint density at radius 2 is 1.95 bits per heavy atom. The maximum absolute atomic E-state index is 12.1. The fourth-order valence-electron chi connectivity index (χ4n) is 2.19. The zero-order valence-corrected chi connectivity index (χ0v) is 14.4. The smallest absolute Gasteiger partial charge is 0.237 e.